The molecule has 4 nitrogen and oxygen atoms in total. The predicted octanol–water partition coefficient (Wildman–Crippen LogP) is 1.46. The molecule has 2 rings (SSSR count). The van der Waals surface area contributed by atoms with E-state index >= 15 is 0 Å². The Morgan fingerprint density at radius 2 is 2.53 bits per heavy atom. The van der Waals surface area contributed by atoms with Gasteiger partial charge in [-0.3, -0.25) is 4.79 Å². The summed E-state index contributed by atoms with van der Waals surface area (Å²) in [5.41, 5.74) is 0. The number of amides is 1. The predicted molar refractivity (Wildman–Crippen MR) is 69.2 cm³/mol. The third-order valence-electron chi connectivity index (χ3n) is 3.25. The van der Waals surface area contributed by atoms with E-state index in [2.05, 4.69) is 17.2 Å². The number of hydrogen-bond acceptors (Lipinski definition) is 4. The fraction of sp³-hybridized carbons (Fsp3) is 0.667. The van der Waals surface area contributed by atoms with Crippen molar-refractivity contribution in [1.82, 2.24) is 15.2 Å². The first-order valence-corrected chi connectivity index (χ1v) is 6.95. The van der Waals surface area contributed by atoms with Crippen LogP contribution < -0.4 is 5.32 Å². The molecule has 0 spiro atoms. The average Bonchev–Trinajstić information content (AvgIpc) is 2.85. The maximum atomic E-state index is 12.1. The van der Waals surface area contributed by atoms with Gasteiger partial charge in [0.05, 0.1) is 11.0 Å². The second kappa shape index (κ2) is 5.60. The summed E-state index contributed by atoms with van der Waals surface area (Å²) in [6, 6.07) is 0.00671. The van der Waals surface area contributed by atoms with Crippen LogP contribution in [0.15, 0.2) is 11.6 Å². The van der Waals surface area contributed by atoms with Crippen molar-refractivity contribution in [2.24, 2.45) is 0 Å². The monoisotopic (exact) mass is 253 g/mol. The SMILES string of the molecule is CNC1CCCN(CC(C)c2nccs2)C1=O. The molecule has 2 unspecified atom stereocenters. The summed E-state index contributed by atoms with van der Waals surface area (Å²) in [6.07, 6.45) is 3.87. The van der Waals surface area contributed by atoms with Crippen LogP contribution in [0.3, 0.4) is 0 Å². The van der Waals surface area contributed by atoms with Gasteiger partial charge in [0.25, 0.3) is 0 Å². The third kappa shape index (κ3) is 2.84. The van der Waals surface area contributed by atoms with Gasteiger partial charge in [0.15, 0.2) is 0 Å². The summed E-state index contributed by atoms with van der Waals surface area (Å²) in [7, 11) is 1.86. The largest absolute Gasteiger partial charge is 0.341 e. The van der Waals surface area contributed by atoms with E-state index in [0.717, 1.165) is 30.9 Å². The third-order valence-corrected chi connectivity index (χ3v) is 4.25. The van der Waals surface area contributed by atoms with Crippen LogP contribution in [0, 0.1) is 0 Å². The van der Waals surface area contributed by atoms with E-state index in [4.69, 9.17) is 0 Å². The van der Waals surface area contributed by atoms with Crippen molar-refractivity contribution in [3.05, 3.63) is 16.6 Å². The van der Waals surface area contributed by atoms with E-state index in [1.807, 2.05) is 23.5 Å². The summed E-state index contributed by atoms with van der Waals surface area (Å²) in [5.74, 6) is 0.566. The van der Waals surface area contributed by atoms with Crippen LogP contribution in [0.2, 0.25) is 0 Å². The van der Waals surface area contributed by atoms with Crippen molar-refractivity contribution >= 4 is 17.2 Å². The van der Waals surface area contributed by atoms with Crippen molar-refractivity contribution in [2.75, 3.05) is 20.1 Å². The number of nitrogens with zero attached hydrogens (tertiary/aromatic N) is 2. The average molecular weight is 253 g/mol. The molecule has 17 heavy (non-hydrogen) atoms. The molecule has 1 aliphatic rings. The van der Waals surface area contributed by atoms with Gasteiger partial charge in [-0.1, -0.05) is 6.92 Å². The van der Waals surface area contributed by atoms with Gasteiger partial charge in [0, 0.05) is 30.6 Å². The van der Waals surface area contributed by atoms with Gasteiger partial charge in [-0.15, -0.1) is 11.3 Å². The van der Waals surface area contributed by atoms with E-state index in [0.29, 0.717) is 5.92 Å². The quantitative estimate of drug-likeness (QED) is 0.883. The fourth-order valence-corrected chi connectivity index (χ4v) is 2.97. The summed E-state index contributed by atoms with van der Waals surface area (Å²) < 4.78 is 0. The van der Waals surface area contributed by atoms with Crippen LogP contribution in [0.4, 0.5) is 0 Å². The van der Waals surface area contributed by atoms with Gasteiger partial charge >= 0.3 is 0 Å². The molecular weight excluding hydrogens is 234 g/mol. The lowest BCUT2D eigenvalue weighted by Crippen LogP contribution is -2.50. The molecule has 1 aromatic rings. The smallest absolute Gasteiger partial charge is 0.239 e. The molecule has 0 radical (unpaired) electrons. The molecule has 2 atom stereocenters. The minimum absolute atomic E-state index is 0.00671. The number of piperidine rings is 1. The zero-order valence-electron chi connectivity index (χ0n) is 10.3. The van der Waals surface area contributed by atoms with Crippen molar-refractivity contribution in [3.8, 4) is 0 Å². The Kier molecular flexibility index (Phi) is 4.12. The van der Waals surface area contributed by atoms with E-state index in [1.165, 1.54) is 0 Å². The zero-order valence-corrected chi connectivity index (χ0v) is 11.2. The second-order valence-corrected chi connectivity index (χ2v) is 5.47. The van der Waals surface area contributed by atoms with Crippen molar-refractivity contribution in [2.45, 2.75) is 31.7 Å². The fourth-order valence-electron chi connectivity index (χ4n) is 2.28. The highest BCUT2D eigenvalue weighted by Crippen LogP contribution is 2.21. The highest BCUT2D eigenvalue weighted by Gasteiger charge is 2.28. The number of nitrogens with one attached hydrogen (secondary N) is 1. The zero-order chi connectivity index (χ0) is 12.3. The Hall–Kier alpha value is -0.940. The standard InChI is InChI=1S/C12H19N3OS/c1-9(11-14-5-7-17-11)8-15-6-3-4-10(13-2)12(15)16/h5,7,9-10,13H,3-4,6,8H2,1-2H3. The molecule has 0 aromatic carbocycles. The first-order valence-electron chi connectivity index (χ1n) is 6.08. The Morgan fingerprint density at radius 3 is 3.18 bits per heavy atom. The molecule has 94 valence electrons. The van der Waals surface area contributed by atoms with E-state index < -0.39 is 0 Å². The molecule has 0 bridgehead atoms. The highest BCUT2D eigenvalue weighted by atomic mass is 32.1. The van der Waals surface area contributed by atoms with Gasteiger partial charge in [0.1, 0.15) is 0 Å². The molecule has 1 aliphatic heterocycles. The topological polar surface area (TPSA) is 45.2 Å². The molecule has 1 N–H and O–H groups in total. The number of carbonyl (C=O) groups excluding carboxylic acids is 1. The van der Waals surface area contributed by atoms with Crippen molar-refractivity contribution in [1.29, 1.82) is 0 Å². The Morgan fingerprint density at radius 1 is 1.71 bits per heavy atom. The maximum Gasteiger partial charge on any atom is 0.239 e. The van der Waals surface area contributed by atoms with Crippen LogP contribution in [-0.4, -0.2) is 42.0 Å². The number of thiazole rings is 1. The van der Waals surface area contributed by atoms with E-state index in [9.17, 15) is 4.79 Å². The molecule has 1 fully saturated rings. The number of carbonyl (C=O) groups is 1. The Balaban J connectivity index is 1.96. The number of likely N-dealkylation sites (tertiary alicyclic amines) is 1. The van der Waals surface area contributed by atoms with E-state index in [-0.39, 0.29) is 11.9 Å². The van der Waals surface area contributed by atoms with Crippen LogP contribution in [0.25, 0.3) is 0 Å². The lowest BCUT2D eigenvalue weighted by molar-refractivity contribution is -0.136. The second-order valence-electron chi connectivity index (χ2n) is 4.54. The van der Waals surface area contributed by atoms with Crippen molar-refractivity contribution in [3.63, 3.8) is 0 Å². The van der Waals surface area contributed by atoms with Crippen molar-refractivity contribution < 1.29 is 4.79 Å². The molecular formula is C12H19N3OS. The first kappa shape index (κ1) is 12.5. The molecule has 0 aliphatic carbocycles. The van der Waals surface area contributed by atoms with Gasteiger partial charge < -0.3 is 10.2 Å². The van der Waals surface area contributed by atoms with Crippen LogP contribution in [0.5, 0.6) is 0 Å². The number of aromatic nitrogens is 1. The molecule has 5 heteroatoms. The molecule has 1 aromatic heterocycles. The molecule has 0 saturated carbocycles. The highest BCUT2D eigenvalue weighted by molar-refractivity contribution is 7.09. The summed E-state index contributed by atoms with van der Waals surface area (Å²) in [6.45, 7) is 3.80. The number of rotatable bonds is 4. The van der Waals surface area contributed by atoms with Crippen LogP contribution >= 0.6 is 11.3 Å². The first-order chi connectivity index (χ1) is 8.22. The van der Waals surface area contributed by atoms with Gasteiger partial charge in [-0.25, -0.2) is 4.98 Å². The molecule has 1 amide bonds. The minimum Gasteiger partial charge on any atom is -0.341 e. The van der Waals surface area contributed by atoms with Gasteiger partial charge in [-0.2, -0.15) is 0 Å². The minimum atomic E-state index is 0.00671. The van der Waals surface area contributed by atoms with Gasteiger partial charge in [-0.05, 0) is 19.9 Å². The Labute approximate surface area is 106 Å². The van der Waals surface area contributed by atoms with Crippen LogP contribution in [0.1, 0.15) is 30.7 Å². The molecule has 2 heterocycles. The van der Waals surface area contributed by atoms with Crippen LogP contribution in [-0.2, 0) is 4.79 Å². The summed E-state index contributed by atoms with van der Waals surface area (Å²) in [5, 5.41) is 6.19. The summed E-state index contributed by atoms with van der Waals surface area (Å²) in [4.78, 5) is 18.4. The number of likely N-dealkylation sites (N-methyl/N-ethyl adjacent to an activating group) is 1. The maximum absolute atomic E-state index is 12.1. The van der Waals surface area contributed by atoms with Gasteiger partial charge in [0.2, 0.25) is 5.91 Å². The normalized spacial score (nSPS) is 22.8. The summed E-state index contributed by atoms with van der Waals surface area (Å²) >= 11 is 1.66. The lowest BCUT2D eigenvalue weighted by Gasteiger charge is -2.33. The number of hydrogen-bond donors (Lipinski definition) is 1. The Bertz CT molecular complexity index is 366. The lowest BCUT2D eigenvalue weighted by atomic mass is 10.0. The molecule has 1 saturated heterocycles. The van der Waals surface area contributed by atoms with E-state index in [1.54, 1.807) is 11.3 Å².